The van der Waals surface area contributed by atoms with Gasteiger partial charge in [0.25, 0.3) is 0 Å². The molecule has 5 aromatic rings. The van der Waals surface area contributed by atoms with E-state index in [0.717, 1.165) is 74.1 Å². The number of anilines is 2. The lowest BCUT2D eigenvalue weighted by Gasteiger charge is -2.45. The molecule has 2 aliphatic heterocycles. The molecule has 2 saturated heterocycles. The summed E-state index contributed by atoms with van der Waals surface area (Å²) in [4.78, 5) is 24.6. The molecule has 7 rings (SSSR count). The number of amides is 1. The molecule has 3 aromatic heterocycles. The molecular formula is C37H37Cl2N5O5. The zero-order chi connectivity index (χ0) is 34.3. The van der Waals surface area contributed by atoms with Crippen LogP contribution in [-0.4, -0.2) is 67.9 Å². The van der Waals surface area contributed by atoms with E-state index < -0.39 is 0 Å². The lowest BCUT2D eigenvalue weighted by Crippen LogP contribution is -2.43. The Hall–Kier alpha value is -4.51. The van der Waals surface area contributed by atoms with E-state index in [2.05, 4.69) is 21.8 Å². The Bertz CT molecular complexity index is 2050. The number of pyridine rings is 2. The van der Waals surface area contributed by atoms with E-state index in [4.69, 9.17) is 47.1 Å². The van der Waals surface area contributed by atoms with E-state index in [-0.39, 0.29) is 5.91 Å². The number of nitrogens with one attached hydrogen (secondary N) is 1. The number of fused-ring (bicyclic) bond motifs is 3. The van der Waals surface area contributed by atoms with Gasteiger partial charge in [0.05, 0.1) is 54.0 Å². The number of carbonyl (C=O) groups excluding carboxylic acids is 1. The van der Waals surface area contributed by atoms with E-state index in [1.807, 2.05) is 34.9 Å². The Morgan fingerprint density at radius 2 is 1.61 bits per heavy atom. The average molecular weight is 703 g/mol. The van der Waals surface area contributed by atoms with Gasteiger partial charge in [-0.1, -0.05) is 29.8 Å². The van der Waals surface area contributed by atoms with Crippen molar-refractivity contribution >= 4 is 57.0 Å². The van der Waals surface area contributed by atoms with Crippen molar-refractivity contribution in [3.8, 4) is 39.6 Å². The number of methoxy groups -OCH3 is 3. The molecule has 2 fully saturated rings. The Kier molecular flexibility index (Phi) is 9.04. The van der Waals surface area contributed by atoms with Crippen LogP contribution in [0, 0.1) is 5.41 Å². The van der Waals surface area contributed by atoms with Crippen LogP contribution in [0.2, 0.25) is 10.0 Å². The zero-order valence-electron chi connectivity index (χ0n) is 27.6. The van der Waals surface area contributed by atoms with E-state index in [1.54, 1.807) is 39.8 Å². The van der Waals surface area contributed by atoms with Crippen molar-refractivity contribution in [2.75, 3.05) is 57.8 Å². The van der Waals surface area contributed by atoms with Gasteiger partial charge in [-0.3, -0.25) is 14.2 Å². The second-order valence-electron chi connectivity index (χ2n) is 12.5. The van der Waals surface area contributed by atoms with Gasteiger partial charge in [-0.05, 0) is 55.4 Å². The van der Waals surface area contributed by atoms with Gasteiger partial charge >= 0.3 is 0 Å². The van der Waals surface area contributed by atoms with Crippen LogP contribution in [0.25, 0.3) is 38.9 Å². The second-order valence-corrected chi connectivity index (χ2v) is 13.2. The highest BCUT2D eigenvalue weighted by Gasteiger charge is 2.37. The van der Waals surface area contributed by atoms with Gasteiger partial charge in [-0.15, -0.1) is 0 Å². The van der Waals surface area contributed by atoms with Crippen molar-refractivity contribution in [2.45, 2.75) is 25.7 Å². The summed E-state index contributed by atoms with van der Waals surface area (Å²) in [7, 11) is 4.73. The first-order chi connectivity index (χ1) is 23.8. The molecule has 2 aliphatic rings. The molecule has 10 nitrogen and oxygen atoms in total. The third-order valence-electron chi connectivity index (χ3n) is 9.95. The zero-order valence-corrected chi connectivity index (χ0v) is 29.2. The Morgan fingerprint density at radius 3 is 2.27 bits per heavy atom. The minimum absolute atomic E-state index is 0.291. The van der Waals surface area contributed by atoms with Crippen molar-refractivity contribution in [1.82, 2.24) is 14.4 Å². The quantitative estimate of drug-likeness (QED) is 0.162. The average Bonchev–Trinajstić information content (AvgIpc) is 3.63. The largest absolute Gasteiger partial charge is 0.496 e. The maximum Gasteiger partial charge on any atom is 0.247 e. The number of aromatic nitrogens is 3. The first kappa shape index (κ1) is 33.0. The van der Waals surface area contributed by atoms with Gasteiger partial charge in [0.1, 0.15) is 22.9 Å². The molecule has 1 N–H and O–H groups in total. The number of hydrogen-bond acceptors (Lipinski definition) is 8. The molecule has 5 heterocycles. The molecule has 1 spiro atoms. The van der Waals surface area contributed by atoms with Crippen LogP contribution >= 0.6 is 23.2 Å². The maximum absolute atomic E-state index is 12.7. The summed E-state index contributed by atoms with van der Waals surface area (Å²) in [5.74, 6) is 1.21. The Balaban J connectivity index is 1.33. The van der Waals surface area contributed by atoms with Crippen LogP contribution < -0.4 is 24.4 Å². The van der Waals surface area contributed by atoms with Crippen LogP contribution in [0.5, 0.6) is 17.2 Å². The summed E-state index contributed by atoms with van der Waals surface area (Å²) in [5.41, 5.74) is 6.01. The molecule has 254 valence electrons. The number of benzene rings is 2. The van der Waals surface area contributed by atoms with Crippen molar-refractivity contribution < 1.29 is 23.7 Å². The summed E-state index contributed by atoms with van der Waals surface area (Å²) >= 11 is 13.7. The fourth-order valence-electron chi connectivity index (χ4n) is 7.16. The summed E-state index contributed by atoms with van der Waals surface area (Å²) in [6, 6.07) is 9.53. The van der Waals surface area contributed by atoms with E-state index in [9.17, 15) is 4.79 Å². The standard InChI is InChI=1S/C37H37Cl2N5O5/c1-5-32(45)42-26-17-23(29(46-2)19-28(26)43-11-6-37(7-12-43)8-14-49-15-9-37)25-18-27-22(21-41-25)16-24(36-40-10-13-44(27)36)33-34(38)30(47-3)20-31(48-4)35(33)39/h5,10,13,16-21H,1,6-9,11-12,14-15H2,2-4H3,(H,42,45). The van der Waals surface area contributed by atoms with Crippen LogP contribution in [-0.2, 0) is 9.53 Å². The monoisotopic (exact) mass is 701 g/mol. The van der Waals surface area contributed by atoms with Crippen molar-refractivity contribution in [3.63, 3.8) is 0 Å². The Labute approximate surface area is 294 Å². The number of ether oxygens (including phenoxy) is 4. The van der Waals surface area contributed by atoms with Crippen LogP contribution in [0.15, 0.2) is 61.6 Å². The number of halogens is 2. The van der Waals surface area contributed by atoms with Crippen LogP contribution in [0.3, 0.4) is 0 Å². The molecule has 1 amide bonds. The predicted octanol–water partition coefficient (Wildman–Crippen LogP) is 8.07. The normalized spacial score (nSPS) is 15.8. The van der Waals surface area contributed by atoms with Gasteiger partial charge in [0.15, 0.2) is 0 Å². The van der Waals surface area contributed by atoms with E-state index in [1.165, 1.54) is 6.08 Å². The van der Waals surface area contributed by atoms with Crippen LogP contribution in [0.4, 0.5) is 11.4 Å². The van der Waals surface area contributed by atoms with Gasteiger partial charge in [-0.25, -0.2) is 4.98 Å². The number of carbonyl (C=O) groups is 1. The number of piperidine rings is 1. The van der Waals surface area contributed by atoms with E-state index >= 15 is 0 Å². The predicted molar refractivity (Wildman–Crippen MR) is 194 cm³/mol. The summed E-state index contributed by atoms with van der Waals surface area (Å²) in [5, 5.41) is 4.56. The number of imidazole rings is 1. The SMILES string of the molecule is C=CC(=O)Nc1cc(-c2cc3c(cn2)cc(-c2c(Cl)c(OC)cc(OC)c2Cl)c2nccn23)c(OC)cc1N1CCC2(CCOCC2)CC1. The molecular weight excluding hydrogens is 665 g/mol. The molecule has 0 bridgehead atoms. The first-order valence-corrected chi connectivity index (χ1v) is 16.9. The summed E-state index contributed by atoms with van der Waals surface area (Å²) in [6.07, 6.45) is 11.0. The second kappa shape index (κ2) is 13.4. The molecule has 0 saturated carbocycles. The highest BCUT2D eigenvalue weighted by atomic mass is 35.5. The number of hydrogen-bond donors (Lipinski definition) is 1. The van der Waals surface area contributed by atoms with Gasteiger partial charge in [0, 0.05) is 79.1 Å². The molecule has 49 heavy (non-hydrogen) atoms. The molecule has 0 aliphatic carbocycles. The Morgan fingerprint density at radius 1 is 0.918 bits per heavy atom. The van der Waals surface area contributed by atoms with Crippen LogP contribution in [0.1, 0.15) is 25.7 Å². The lowest BCUT2D eigenvalue weighted by atomic mass is 9.72. The van der Waals surface area contributed by atoms with Gasteiger partial charge in [-0.2, -0.15) is 0 Å². The topological polar surface area (TPSA) is 99.5 Å². The third kappa shape index (κ3) is 5.92. The third-order valence-corrected chi connectivity index (χ3v) is 10.7. The summed E-state index contributed by atoms with van der Waals surface area (Å²) in [6.45, 7) is 7.08. The summed E-state index contributed by atoms with van der Waals surface area (Å²) < 4.78 is 24.6. The molecule has 0 unspecified atom stereocenters. The fraction of sp³-hybridized carbons (Fsp3) is 0.324. The number of rotatable bonds is 8. The van der Waals surface area contributed by atoms with Gasteiger partial charge < -0.3 is 29.2 Å². The fourth-order valence-corrected chi connectivity index (χ4v) is 7.86. The smallest absolute Gasteiger partial charge is 0.247 e. The highest BCUT2D eigenvalue weighted by molar-refractivity contribution is 6.41. The molecule has 0 atom stereocenters. The molecule has 2 aromatic carbocycles. The van der Waals surface area contributed by atoms with Crippen molar-refractivity contribution in [3.05, 3.63) is 71.6 Å². The van der Waals surface area contributed by atoms with E-state index in [0.29, 0.717) is 60.9 Å². The highest BCUT2D eigenvalue weighted by Crippen LogP contribution is 2.48. The lowest BCUT2D eigenvalue weighted by molar-refractivity contribution is -0.111. The minimum Gasteiger partial charge on any atom is -0.496 e. The molecule has 12 heteroatoms. The minimum atomic E-state index is -0.291. The first-order valence-electron chi connectivity index (χ1n) is 16.1. The molecule has 0 radical (unpaired) electrons. The van der Waals surface area contributed by atoms with Gasteiger partial charge in [0.2, 0.25) is 5.91 Å². The maximum atomic E-state index is 12.7. The van der Waals surface area contributed by atoms with Crippen molar-refractivity contribution in [2.24, 2.45) is 5.41 Å². The number of nitrogens with zero attached hydrogens (tertiary/aromatic N) is 4. The van der Waals surface area contributed by atoms with Crippen molar-refractivity contribution in [1.29, 1.82) is 0 Å².